The van der Waals surface area contributed by atoms with E-state index in [1.807, 2.05) is 24.3 Å². The maximum absolute atomic E-state index is 13.3. The Labute approximate surface area is 203 Å². The van der Waals surface area contributed by atoms with Gasteiger partial charge in [-0.3, -0.25) is 19.2 Å². The maximum Gasteiger partial charge on any atom is 0.268 e. The predicted molar refractivity (Wildman–Crippen MR) is 132 cm³/mol. The molecule has 2 heterocycles. The molecule has 8 nitrogen and oxygen atoms in total. The van der Waals surface area contributed by atoms with Crippen LogP contribution in [0.1, 0.15) is 49.0 Å². The van der Waals surface area contributed by atoms with E-state index in [1.54, 1.807) is 6.07 Å². The second kappa shape index (κ2) is 10.9. The zero-order valence-electron chi connectivity index (χ0n) is 18.9. The number of hydrogen-bond acceptors (Lipinski definition) is 4. The van der Waals surface area contributed by atoms with Crippen molar-refractivity contribution in [3.63, 3.8) is 0 Å². The van der Waals surface area contributed by atoms with E-state index in [1.165, 1.54) is 0 Å². The van der Waals surface area contributed by atoms with Crippen molar-refractivity contribution in [2.45, 2.75) is 50.6 Å². The Balaban J connectivity index is 1.49. The van der Waals surface area contributed by atoms with Crippen LogP contribution in [0.4, 0.5) is 0 Å². The Hall–Kier alpha value is -3.07. The standard InChI is InChI=1S/C25H30N4O4S/c30-22-17(10-11-26-22)14-21(25(33)34)29-23(31)19(12-15-6-2-1-3-7-15)28-24(32)20-13-16-8-4-5-9-18(16)27-20/h2,4-6,8-9,13,15,17,19,21,27H,1,3,7,10-12,14H2,(H,26,30)(H,28,32)(H,29,31)(H,33,34)/t15-,17+,19+,21+/m1/s1. The third-order valence-corrected chi connectivity index (χ3v) is 6.90. The third-order valence-electron chi connectivity index (χ3n) is 6.59. The van der Waals surface area contributed by atoms with Crippen molar-refractivity contribution < 1.29 is 19.2 Å². The van der Waals surface area contributed by atoms with Gasteiger partial charge in [-0.1, -0.05) is 30.4 Å². The number of H-pyrrole nitrogens is 1. The number of amides is 3. The molecule has 1 aromatic carbocycles. The largest absolute Gasteiger partial charge is 0.356 e. The van der Waals surface area contributed by atoms with Crippen molar-refractivity contribution in [3.05, 3.63) is 48.2 Å². The molecule has 180 valence electrons. The third kappa shape index (κ3) is 5.88. The SMILES string of the molecule is O=C(N[C@@H](C[C@@H]1C=CCCC1)C(=O)N[C@@H](C[C@@H]1CCNC1=O)C(=O)S)c1cc2ccccc2[nH]1. The highest BCUT2D eigenvalue weighted by Crippen LogP contribution is 2.23. The van der Waals surface area contributed by atoms with Gasteiger partial charge in [0.05, 0.1) is 6.04 Å². The highest BCUT2D eigenvalue weighted by molar-refractivity contribution is 7.96. The molecule has 1 aromatic heterocycles. The molecule has 34 heavy (non-hydrogen) atoms. The lowest BCUT2D eigenvalue weighted by Crippen LogP contribution is -2.52. The van der Waals surface area contributed by atoms with Gasteiger partial charge < -0.3 is 20.9 Å². The molecular formula is C25H30N4O4S. The molecule has 2 aromatic rings. The van der Waals surface area contributed by atoms with Crippen molar-refractivity contribution >= 4 is 46.4 Å². The Bertz CT molecular complexity index is 1080. The second-order valence-electron chi connectivity index (χ2n) is 9.06. The average molecular weight is 483 g/mol. The first-order chi connectivity index (χ1) is 16.4. The highest BCUT2D eigenvalue weighted by Gasteiger charge is 2.33. The van der Waals surface area contributed by atoms with Gasteiger partial charge in [0.1, 0.15) is 11.7 Å². The Morgan fingerprint density at radius 3 is 2.59 bits per heavy atom. The monoisotopic (exact) mass is 482 g/mol. The summed E-state index contributed by atoms with van der Waals surface area (Å²) >= 11 is 3.94. The quantitative estimate of drug-likeness (QED) is 0.279. The molecule has 0 spiro atoms. The van der Waals surface area contributed by atoms with Crippen LogP contribution >= 0.6 is 12.6 Å². The molecule has 1 aliphatic carbocycles. The minimum Gasteiger partial charge on any atom is -0.356 e. The van der Waals surface area contributed by atoms with Crippen molar-refractivity contribution in [3.8, 4) is 0 Å². The summed E-state index contributed by atoms with van der Waals surface area (Å²) in [6.07, 6.45) is 8.37. The molecule has 4 N–H and O–H groups in total. The van der Waals surface area contributed by atoms with E-state index in [0.29, 0.717) is 25.1 Å². The first-order valence-corrected chi connectivity index (χ1v) is 12.2. The number of aromatic nitrogens is 1. The summed E-state index contributed by atoms with van der Waals surface area (Å²) in [6, 6.07) is 7.57. The number of benzene rings is 1. The normalized spacial score (nSPS) is 21.6. The first-order valence-electron chi connectivity index (χ1n) is 11.8. The average Bonchev–Trinajstić information content (AvgIpc) is 3.44. The molecule has 9 heteroatoms. The summed E-state index contributed by atoms with van der Waals surface area (Å²) in [7, 11) is 0. The lowest BCUT2D eigenvalue weighted by atomic mass is 9.89. The van der Waals surface area contributed by atoms with Gasteiger partial charge in [0.25, 0.3) is 5.91 Å². The highest BCUT2D eigenvalue weighted by atomic mass is 32.1. The van der Waals surface area contributed by atoms with Gasteiger partial charge in [-0.2, -0.15) is 0 Å². The van der Waals surface area contributed by atoms with Gasteiger partial charge >= 0.3 is 0 Å². The topological polar surface area (TPSA) is 120 Å². The van der Waals surface area contributed by atoms with E-state index in [4.69, 9.17) is 0 Å². The van der Waals surface area contributed by atoms with Gasteiger partial charge in [-0.25, -0.2) is 0 Å². The molecule has 4 rings (SSSR count). The van der Waals surface area contributed by atoms with Crippen LogP contribution in [-0.4, -0.2) is 46.4 Å². The van der Waals surface area contributed by atoms with Gasteiger partial charge in [0, 0.05) is 23.4 Å². The van der Waals surface area contributed by atoms with E-state index < -0.39 is 23.1 Å². The van der Waals surface area contributed by atoms with Gasteiger partial charge in [0.2, 0.25) is 16.9 Å². The summed E-state index contributed by atoms with van der Waals surface area (Å²) < 4.78 is 0. The maximum atomic E-state index is 13.3. The van der Waals surface area contributed by atoms with E-state index in [-0.39, 0.29) is 30.1 Å². The van der Waals surface area contributed by atoms with Crippen LogP contribution in [0.25, 0.3) is 10.9 Å². The van der Waals surface area contributed by atoms with Crippen LogP contribution in [0, 0.1) is 11.8 Å². The molecular weight excluding hydrogens is 452 g/mol. The fourth-order valence-corrected chi connectivity index (χ4v) is 4.86. The smallest absolute Gasteiger partial charge is 0.268 e. The minimum absolute atomic E-state index is 0.121. The number of fused-ring (bicyclic) bond motifs is 1. The van der Waals surface area contributed by atoms with Crippen molar-refractivity contribution in [1.82, 2.24) is 20.9 Å². The second-order valence-corrected chi connectivity index (χ2v) is 9.50. The van der Waals surface area contributed by atoms with Crippen LogP contribution < -0.4 is 16.0 Å². The van der Waals surface area contributed by atoms with E-state index in [2.05, 4.69) is 45.7 Å². The molecule has 3 amide bonds. The Morgan fingerprint density at radius 1 is 1.09 bits per heavy atom. The number of para-hydroxylation sites is 1. The first kappa shape index (κ1) is 24.1. The Kier molecular flexibility index (Phi) is 7.72. The molecule has 0 saturated carbocycles. The van der Waals surface area contributed by atoms with Crippen LogP contribution in [0.2, 0.25) is 0 Å². The molecule has 1 aliphatic heterocycles. The van der Waals surface area contributed by atoms with Gasteiger partial charge in [0.15, 0.2) is 0 Å². The minimum atomic E-state index is -0.904. The number of thiol groups is 1. The summed E-state index contributed by atoms with van der Waals surface area (Å²) in [5.74, 6) is -1.15. The van der Waals surface area contributed by atoms with E-state index in [9.17, 15) is 19.2 Å². The lowest BCUT2D eigenvalue weighted by Gasteiger charge is -2.26. The van der Waals surface area contributed by atoms with E-state index in [0.717, 1.165) is 30.2 Å². The number of carbonyl (C=O) groups excluding carboxylic acids is 4. The van der Waals surface area contributed by atoms with Crippen LogP contribution in [0.3, 0.4) is 0 Å². The Morgan fingerprint density at radius 2 is 1.91 bits per heavy atom. The van der Waals surface area contributed by atoms with Crippen LogP contribution in [0.5, 0.6) is 0 Å². The molecule has 0 unspecified atom stereocenters. The summed E-state index contributed by atoms with van der Waals surface area (Å²) in [5, 5.41) is 8.74. The molecule has 0 bridgehead atoms. The van der Waals surface area contributed by atoms with Crippen molar-refractivity contribution in [1.29, 1.82) is 0 Å². The molecule has 1 saturated heterocycles. The van der Waals surface area contributed by atoms with Crippen molar-refractivity contribution in [2.24, 2.45) is 11.8 Å². The number of hydrogen-bond donors (Lipinski definition) is 5. The number of nitrogens with one attached hydrogen (secondary N) is 4. The van der Waals surface area contributed by atoms with Gasteiger partial charge in [-0.05, 0) is 56.6 Å². The summed E-state index contributed by atoms with van der Waals surface area (Å²) in [4.78, 5) is 53.5. The fraction of sp³-hybridized carbons (Fsp3) is 0.440. The van der Waals surface area contributed by atoms with E-state index >= 15 is 0 Å². The molecule has 4 atom stereocenters. The zero-order valence-corrected chi connectivity index (χ0v) is 19.8. The van der Waals surface area contributed by atoms with Crippen LogP contribution in [0.15, 0.2) is 42.5 Å². The lowest BCUT2D eigenvalue weighted by molar-refractivity contribution is -0.128. The number of carbonyl (C=O) groups is 4. The van der Waals surface area contributed by atoms with Crippen molar-refractivity contribution in [2.75, 3.05) is 6.54 Å². The summed E-state index contributed by atoms with van der Waals surface area (Å²) in [6.45, 7) is 0.558. The number of rotatable bonds is 9. The fourth-order valence-electron chi connectivity index (χ4n) is 4.69. The predicted octanol–water partition coefficient (Wildman–Crippen LogP) is 2.48. The van der Waals surface area contributed by atoms with Crippen LogP contribution in [-0.2, 0) is 14.4 Å². The number of aromatic amines is 1. The molecule has 1 fully saturated rings. The number of allylic oxidation sites excluding steroid dienone is 2. The molecule has 2 aliphatic rings. The zero-order chi connectivity index (χ0) is 24.1. The van der Waals surface area contributed by atoms with Gasteiger partial charge in [-0.15, -0.1) is 12.6 Å². The molecule has 0 radical (unpaired) electrons. The summed E-state index contributed by atoms with van der Waals surface area (Å²) in [5.41, 5.74) is 1.20.